The Morgan fingerprint density at radius 2 is 2.06 bits per heavy atom. The van der Waals surface area contributed by atoms with Crippen molar-refractivity contribution in [2.24, 2.45) is 0 Å². The van der Waals surface area contributed by atoms with E-state index in [1.54, 1.807) is 6.20 Å². The molecule has 0 aliphatic heterocycles. The highest BCUT2D eigenvalue weighted by molar-refractivity contribution is 5.15. The number of rotatable bonds is 5. The average Bonchev–Trinajstić information content (AvgIpc) is 2.85. The van der Waals surface area contributed by atoms with Crippen LogP contribution in [0.5, 0.6) is 0 Å². The molecule has 90 valence electrons. The third kappa shape index (κ3) is 2.94. The Balaban J connectivity index is 1.96. The van der Waals surface area contributed by atoms with Crippen molar-refractivity contribution in [1.29, 1.82) is 0 Å². The summed E-state index contributed by atoms with van der Waals surface area (Å²) in [6.07, 6.45) is 4.75. The van der Waals surface area contributed by atoms with Crippen LogP contribution in [0.25, 0.3) is 0 Å². The zero-order valence-corrected chi connectivity index (χ0v) is 10.1. The Morgan fingerprint density at radius 1 is 1.29 bits per heavy atom. The Kier molecular flexibility index (Phi) is 3.94. The fraction of sp³-hybridized carbons (Fsp3) is 0.357. The van der Waals surface area contributed by atoms with Crippen LogP contribution in [0.4, 0.5) is 0 Å². The van der Waals surface area contributed by atoms with Gasteiger partial charge in [0.1, 0.15) is 11.9 Å². The quantitative estimate of drug-likeness (QED) is 0.857. The summed E-state index contributed by atoms with van der Waals surface area (Å²) < 4.78 is 1.98. The second kappa shape index (κ2) is 5.64. The molecule has 17 heavy (non-hydrogen) atoms. The Bertz CT molecular complexity index is 450. The van der Waals surface area contributed by atoms with Crippen molar-refractivity contribution in [3.63, 3.8) is 0 Å². The molecule has 0 spiro atoms. The van der Waals surface area contributed by atoms with E-state index < -0.39 is 6.10 Å². The van der Waals surface area contributed by atoms with Crippen molar-refractivity contribution < 1.29 is 5.11 Å². The Hall–Kier alpha value is -1.61. The molecule has 0 radical (unpaired) electrons. The first-order valence-corrected chi connectivity index (χ1v) is 6.04. The van der Waals surface area contributed by atoms with Crippen molar-refractivity contribution >= 4 is 0 Å². The summed E-state index contributed by atoms with van der Waals surface area (Å²) in [5.74, 6) is 0.767. The highest BCUT2D eigenvalue weighted by atomic mass is 16.3. The van der Waals surface area contributed by atoms with Crippen molar-refractivity contribution in [3.05, 3.63) is 54.1 Å². The first-order chi connectivity index (χ1) is 8.31. The molecule has 0 fully saturated rings. The second-order valence-corrected chi connectivity index (χ2v) is 4.11. The lowest BCUT2D eigenvalue weighted by Gasteiger charge is -2.11. The van der Waals surface area contributed by atoms with Gasteiger partial charge in [0.2, 0.25) is 0 Å². The first-order valence-electron chi connectivity index (χ1n) is 6.04. The van der Waals surface area contributed by atoms with Crippen molar-refractivity contribution in [1.82, 2.24) is 9.55 Å². The minimum Gasteiger partial charge on any atom is -0.385 e. The first kappa shape index (κ1) is 11.9. The Morgan fingerprint density at radius 3 is 2.76 bits per heavy atom. The van der Waals surface area contributed by atoms with Gasteiger partial charge in [0.05, 0.1) is 0 Å². The molecule has 0 aliphatic carbocycles. The molecule has 1 heterocycles. The summed E-state index contributed by atoms with van der Waals surface area (Å²) in [5, 5.41) is 10.1. The molecule has 2 aromatic rings. The fourth-order valence-electron chi connectivity index (χ4n) is 1.96. The van der Waals surface area contributed by atoms with E-state index in [1.807, 2.05) is 29.0 Å². The van der Waals surface area contributed by atoms with E-state index in [0.29, 0.717) is 6.42 Å². The number of benzene rings is 1. The van der Waals surface area contributed by atoms with Gasteiger partial charge in [0, 0.05) is 18.9 Å². The van der Waals surface area contributed by atoms with Gasteiger partial charge < -0.3 is 9.67 Å². The molecule has 0 unspecified atom stereocenters. The van der Waals surface area contributed by atoms with Gasteiger partial charge in [-0.1, -0.05) is 30.3 Å². The molecule has 0 bridgehead atoms. The molecule has 3 heteroatoms. The molecule has 0 amide bonds. The van der Waals surface area contributed by atoms with E-state index in [-0.39, 0.29) is 0 Å². The molecule has 3 nitrogen and oxygen atoms in total. The van der Waals surface area contributed by atoms with Crippen LogP contribution >= 0.6 is 0 Å². The van der Waals surface area contributed by atoms with Gasteiger partial charge in [0.25, 0.3) is 0 Å². The highest BCUT2D eigenvalue weighted by Gasteiger charge is 2.12. The molecule has 0 aliphatic rings. The maximum atomic E-state index is 10.1. The summed E-state index contributed by atoms with van der Waals surface area (Å²) >= 11 is 0. The number of imidazole rings is 1. The van der Waals surface area contributed by atoms with Crippen LogP contribution in [0, 0.1) is 0 Å². The Labute approximate surface area is 102 Å². The predicted octanol–water partition coefficient (Wildman–Crippen LogP) is 2.57. The third-order valence-electron chi connectivity index (χ3n) is 2.94. The van der Waals surface area contributed by atoms with Gasteiger partial charge in [-0.05, 0) is 25.3 Å². The molecule has 1 aromatic carbocycles. The maximum absolute atomic E-state index is 10.1. The number of hydrogen-bond acceptors (Lipinski definition) is 2. The number of hydrogen-bond donors (Lipinski definition) is 1. The molecule has 1 N–H and O–H groups in total. The van der Waals surface area contributed by atoms with Crippen molar-refractivity contribution in [3.8, 4) is 0 Å². The average molecular weight is 230 g/mol. The molecule has 0 saturated heterocycles. The van der Waals surface area contributed by atoms with Crippen molar-refractivity contribution in [2.45, 2.75) is 32.4 Å². The van der Waals surface area contributed by atoms with Crippen LogP contribution in [-0.4, -0.2) is 14.7 Å². The fourth-order valence-corrected chi connectivity index (χ4v) is 1.96. The van der Waals surface area contributed by atoms with Crippen LogP contribution < -0.4 is 0 Å². The molecule has 1 atom stereocenters. The highest BCUT2D eigenvalue weighted by Crippen LogP contribution is 2.17. The van der Waals surface area contributed by atoms with Crippen LogP contribution in [0.15, 0.2) is 42.7 Å². The summed E-state index contributed by atoms with van der Waals surface area (Å²) in [4.78, 5) is 4.21. The van der Waals surface area contributed by atoms with Gasteiger partial charge in [0.15, 0.2) is 0 Å². The lowest BCUT2D eigenvalue weighted by Crippen LogP contribution is -2.08. The lowest BCUT2D eigenvalue weighted by atomic mass is 10.1. The normalized spacial score (nSPS) is 12.6. The smallest absolute Gasteiger partial charge is 0.137 e. The SMILES string of the molecule is CCn1ccnc1[C@H](O)CCc1ccccc1. The van der Waals surface area contributed by atoms with E-state index in [9.17, 15) is 5.11 Å². The summed E-state index contributed by atoms with van der Waals surface area (Å²) in [6.45, 7) is 2.90. The second-order valence-electron chi connectivity index (χ2n) is 4.11. The molecular formula is C14H18N2O. The summed E-state index contributed by atoms with van der Waals surface area (Å²) in [6, 6.07) is 10.2. The zero-order valence-electron chi connectivity index (χ0n) is 10.1. The molecule has 1 aromatic heterocycles. The number of aliphatic hydroxyl groups excluding tert-OH is 1. The monoisotopic (exact) mass is 230 g/mol. The summed E-state index contributed by atoms with van der Waals surface area (Å²) in [5.41, 5.74) is 1.25. The minimum atomic E-state index is -0.481. The summed E-state index contributed by atoms with van der Waals surface area (Å²) in [7, 11) is 0. The third-order valence-corrected chi connectivity index (χ3v) is 2.94. The van der Waals surface area contributed by atoms with Crippen LogP contribution in [0.3, 0.4) is 0 Å². The standard InChI is InChI=1S/C14H18N2O/c1-2-16-11-10-15-14(16)13(17)9-8-12-6-4-3-5-7-12/h3-7,10-11,13,17H,2,8-9H2,1H3/t13-/m1/s1. The van der Waals surface area contributed by atoms with Gasteiger partial charge in [-0.15, -0.1) is 0 Å². The predicted molar refractivity (Wildman–Crippen MR) is 67.6 cm³/mol. The van der Waals surface area contributed by atoms with E-state index in [4.69, 9.17) is 0 Å². The van der Waals surface area contributed by atoms with Crippen LogP contribution in [-0.2, 0) is 13.0 Å². The number of nitrogens with zero attached hydrogens (tertiary/aromatic N) is 2. The van der Waals surface area contributed by atoms with Gasteiger partial charge in [-0.2, -0.15) is 0 Å². The molecular weight excluding hydrogens is 212 g/mol. The van der Waals surface area contributed by atoms with Crippen LogP contribution in [0.2, 0.25) is 0 Å². The van der Waals surface area contributed by atoms with Crippen molar-refractivity contribution in [2.75, 3.05) is 0 Å². The van der Waals surface area contributed by atoms with E-state index >= 15 is 0 Å². The number of aryl methyl sites for hydroxylation is 2. The zero-order chi connectivity index (χ0) is 12.1. The molecule has 2 rings (SSSR count). The van der Waals surface area contributed by atoms with Gasteiger partial charge in [-0.25, -0.2) is 4.98 Å². The topological polar surface area (TPSA) is 38.0 Å². The van der Waals surface area contributed by atoms with Gasteiger partial charge >= 0.3 is 0 Å². The number of aliphatic hydroxyl groups is 1. The van der Waals surface area contributed by atoms with E-state index in [2.05, 4.69) is 24.0 Å². The van der Waals surface area contributed by atoms with E-state index in [1.165, 1.54) is 5.56 Å². The molecule has 0 saturated carbocycles. The van der Waals surface area contributed by atoms with Gasteiger partial charge in [-0.3, -0.25) is 0 Å². The minimum absolute atomic E-state index is 0.481. The largest absolute Gasteiger partial charge is 0.385 e. The van der Waals surface area contributed by atoms with Crippen LogP contribution in [0.1, 0.15) is 30.8 Å². The van der Waals surface area contributed by atoms with E-state index in [0.717, 1.165) is 18.8 Å². The number of aromatic nitrogens is 2. The maximum Gasteiger partial charge on any atom is 0.137 e. The lowest BCUT2D eigenvalue weighted by molar-refractivity contribution is 0.153.